The predicted molar refractivity (Wildman–Crippen MR) is 96.3 cm³/mol. The fourth-order valence-electron chi connectivity index (χ4n) is 2.22. The summed E-state index contributed by atoms with van der Waals surface area (Å²) in [4.78, 5) is 0. The Hall–Kier alpha value is -0.100. The third-order valence-electron chi connectivity index (χ3n) is 3.45. The molecule has 0 nitrogen and oxygen atoms in total. The molecule has 0 fully saturated rings. The van der Waals surface area contributed by atoms with Crippen molar-refractivity contribution >= 4 is 45.2 Å². The summed E-state index contributed by atoms with van der Waals surface area (Å²) in [5, 5.41) is 0. The minimum Gasteiger partial charge on any atom is -0.0576 e. The Morgan fingerprint density at radius 3 is 1.28 bits per heavy atom. The van der Waals surface area contributed by atoms with Crippen molar-refractivity contribution in [3.8, 4) is 11.1 Å². The van der Waals surface area contributed by atoms with Gasteiger partial charge in [-0.3, -0.25) is 0 Å². The molecule has 0 aliphatic rings. The zero-order valence-electron chi connectivity index (χ0n) is 11.1. The first-order chi connectivity index (χ1) is 8.43. The van der Waals surface area contributed by atoms with Gasteiger partial charge in [-0.2, -0.15) is 0 Å². The van der Waals surface area contributed by atoms with E-state index in [2.05, 4.69) is 97.1 Å². The molecule has 2 heteroatoms. The summed E-state index contributed by atoms with van der Waals surface area (Å²) in [5.74, 6) is 0. The van der Waals surface area contributed by atoms with E-state index in [1.165, 1.54) is 40.5 Å². The summed E-state index contributed by atoms with van der Waals surface area (Å²) in [5.41, 5.74) is 8.21. The van der Waals surface area contributed by atoms with E-state index < -0.39 is 0 Å². The highest BCUT2D eigenvalue weighted by Crippen LogP contribution is 2.33. The summed E-state index contributed by atoms with van der Waals surface area (Å²) in [7, 11) is 0. The molecule has 2 aromatic rings. The van der Waals surface area contributed by atoms with Gasteiger partial charge in [-0.1, -0.05) is 24.3 Å². The molecule has 0 heterocycles. The molecule has 0 atom stereocenters. The van der Waals surface area contributed by atoms with Gasteiger partial charge in [-0.15, -0.1) is 0 Å². The Morgan fingerprint density at radius 1 is 0.611 bits per heavy atom. The van der Waals surface area contributed by atoms with Crippen molar-refractivity contribution in [2.75, 3.05) is 0 Å². The zero-order valence-corrected chi connectivity index (χ0v) is 15.4. The van der Waals surface area contributed by atoms with Crippen LogP contribution >= 0.6 is 45.2 Å². The van der Waals surface area contributed by atoms with Crippen molar-refractivity contribution in [2.24, 2.45) is 0 Å². The molecule has 0 aliphatic heterocycles. The highest BCUT2D eigenvalue weighted by atomic mass is 127. The average Bonchev–Trinajstić information content (AvgIpc) is 2.35. The fraction of sp³-hybridized carbons (Fsp3) is 0.250. The summed E-state index contributed by atoms with van der Waals surface area (Å²) in [6.45, 7) is 8.78. The number of hydrogen-bond donors (Lipinski definition) is 0. The van der Waals surface area contributed by atoms with Crippen molar-refractivity contribution in [3.05, 3.63) is 53.7 Å². The molecule has 0 saturated heterocycles. The third kappa shape index (κ3) is 2.46. The Labute approximate surface area is 136 Å². The predicted octanol–water partition coefficient (Wildman–Crippen LogP) is 5.80. The van der Waals surface area contributed by atoms with Crippen LogP contribution < -0.4 is 0 Å². The molecule has 0 radical (unpaired) electrons. The van der Waals surface area contributed by atoms with Crippen LogP contribution in [0.5, 0.6) is 0 Å². The van der Waals surface area contributed by atoms with Gasteiger partial charge in [-0.05, 0) is 106 Å². The molecule has 0 saturated carbocycles. The normalized spacial score (nSPS) is 10.8. The van der Waals surface area contributed by atoms with Crippen LogP contribution in [-0.2, 0) is 0 Å². The molecule has 0 N–H and O–H groups in total. The molecule has 94 valence electrons. The third-order valence-corrected chi connectivity index (χ3v) is 6.77. The van der Waals surface area contributed by atoms with E-state index in [4.69, 9.17) is 0 Å². The first-order valence-electron chi connectivity index (χ1n) is 5.95. The van der Waals surface area contributed by atoms with E-state index in [9.17, 15) is 0 Å². The minimum absolute atomic E-state index is 1.36. The standard InChI is InChI=1S/C16H16I2/c1-9-5-7-13(11(3)15(9)17)14-8-6-10(2)16(18)12(14)4/h5-8H,1-4H3. The molecule has 0 aromatic heterocycles. The van der Waals surface area contributed by atoms with Crippen molar-refractivity contribution < 1.29 is 0 Å². The molecular formula is C16H16I2. The van der Waals surface area contributed by atoms with Crippen LogP contribution in [0, 0.1) is 34.8 Å². The van der Waals surface area contributed by atoms with Crippen molar-refractivity contribution in [1.82, 2.24) is 0 Å². The monoisotopic (exact) mass is 462 g/mol. The van der Waals surface area contributed by atoms with E-state index in [-0.39, 0.29) is 0 Å². The van der Waals surface area contributed by atoms with E-state index in [1.54, 1.807) is 0 Å². The van der Waals surface area contributed by atoms with E-state index in [1.807, 2.05) is 0 Å². The molecule has 0 amide bonds. The van der Waals surface area contributed by atoms with Crippen LogP contribution in [0.2, 0.25) is 0 Å². The molecule has 2 rings (SSSR count). The maximum atomic E-state index is 2.45. The van der Waals surface area contributed by atoms with Crippen LogP contribution in [0.3, 0.4) is 0 Å². The molecule has 18 heavy (non-hydrogen) atoms. The second-order valence-electron chi connectivity index (χ2n) is 4.74. The Balaban J connectivity index is 2.71. The van der Waals surface area contributed by atoms with Gasteiger partial charge in [0.2, 0.25) is 0 Å². The Kier molecular flexibility index (Phi) is 4.36. The smallest absolute Gasteiger partial charge is 0.0194 e. The van der Waals surface area contributed by atoms with Crippen LogP contribution in [0.25, 0.3) is 11.1 Å². The lowest BCUT2D eigenvalue weighted by Gasteiger charge is -2.14. The SMILES string of the molecule is Cc1ccc(-c2ccc(C)c(I)c2C)c(C)c1I. The lowest BCUT2D eigenvalue weighted by atomic mass is 9.94. The fourth-order valence-corrected chi connectivity index (χ4v) is 3.17. The molecular weight excluding hydrogens is 446 g/mol. The first-order valence-corrected chi connectivity index (χ1v) is 8.11. The molecule has 0 bridgehead atoms. The van der Waals surface area contributed by atoms with E-state index in [0.717, 1.165) is 0 Å². The summed E-state index contributed by atoms with van der Waals surface area (Å²) in [6, 6.07) is 8.94. The van der Waals surface area contributed by atoms with Crippen LogP contribution in [0.1, 0.15) is 22.3 Å². The molecule has 0 spiro atoms. The van der Waals surface area contributed by atoms with Gasteiger partial charge in [-0.25, -0.2) is 0 Å². The van der Waals surface area contributed by atoms with Crippen LogP contribution in [-0.4, -0.2) is 0 Å². The number of hydrogen-bond acceptors (Lipinski definition) is 0. The molecule has 0 aliphatic carbocycles. The number of aryl methyl sites for hydroxylation is 2. The van der Waals surface area contributed by atoms with Gasteiger partial charge in [0.15, 0.2) is 0 Å². The number of benzene rings is 2. The van der Waals surface area contributed by atoms with Gasteiger partial charge < -0.3 is 0 Å². The maximum Gasteiger partial charge on any atom is 0.0194 e. The van der Waals surface area contributed by atoms with Crippen LogP contribution in [0.4, 0.5) is 0 Å². The number of rotatable bonds is 1. The second-order valence-corrected chi connectivity index (χ2v) is 6.90. The largest absolute Gasteiger partial charge is 0.0576 e. The second kappa shape index (κ2) is 5.49. The number of halogens is 2. The highest BCUT2D eigenvalue weighted by molar-refractivity contribution is 14.1. The summed E-state index contributed by atoms with van der Waals surface area (Å²) in [6.07, 6.45) is 0. The minimum atomic E-state index is 1.36. The van der Waals surface area contributed by atoms with Crippen LogP contribution in [0.15, 0.2) is 24.3 Å². The summed E-state index contributed by atoms with van der Waals surface area (Å²) < 4.78 is 2.75. The molecule has 0 unspecified atom stereocenters. The van der Waals surface area contributed by atoms with Gasteiger partial charge in [0.25, 0.3) is 0 Å². The van der Waals surface area contributed by atoms with E-state index in [0.29, 0.717) is 0 Å². The van der Waals surface area contributed by atoms with Gasteiger partial charge >= 0.3 is 0 Å². The summed E-state index contributed by atoms with van der Waals surface area (Å²) >= 11 is 4.89. The van der Waals surface area contributed by atoms with Gasteiger partial charge in [0.1, 0.15) is 0 Å². The lowest BCUT2D eigenvalue weighted by Crippen LogP contribution is -1.95. The topological polar surface area (TPSA) is 0 Å². The Morgan fingerprint density at radius 2 is 0.944 bits per heavy atom. The Bertz CT molecular complexity index is 557. The quantitative estimate of drug-likeness (QED) is 0.471. The van der Waals surface area contributed by atoms with E-state index >= 15 is 0 Å². The van der Waals surface area contributed by atoms with Gasteiger partial charge in [0.05, 0.1) is 0 Å². The van der Waals surface area contributed by atoms with Crippen molar-refractivity contribution in [1.29, 1.82) is 0 Å². The first kappa shape index (κ1) is 14.3. The van der Waals surface area contributed by atoms with Gasteiger partial charge in [0, 0.05) is 7.14 Å². The average molecular weight is 462 g/mol. The highest BCUT2D eigenvalue weighted by Gasteiger charge is 2.11. The maximum absolute atomic E-state index is 2.45. The lowest BCUT2D eigenvalue weighted by molar-refractivity contribution is 1.30. The molecule has 2 aromatic carbocycles. The van der Waals surface area contributed by atoms with Crippen molar-refractivity contribution in [3.63, 3.8) is 0 Å². The zero-order chi connectivity index (χ0) is 13.4. The van der Waals surface area contributed by atoms with Crippen molar-refractivity contribution in [2.45, 2.75) is 27.7 Å².